The van der Waals surface area contributed by atoms with Crippen LogP contribution >= 0.6 is 0 Å². The fraction of sp³-hybridized carbons (Fsp3) is 0.767. The third-order valence-corrected chi connectivity index (χ3v) is 16.2. The van der Waals surface area contributed by atoms with E-state index in [9.17, 15) is 39.0 Å². The van der Waals surface area contributed by atoms with Crippen LogP contribution in [0.2, 0.25) is 0 Å². The fourth-order valence-corrected chi connectivity index (χ4v) is 13.6. The molecule has 6 aliphatic carbocycles. The predicted octanol–water partition coefficient (Wildman–Crippen LogP) is 4.72. The van der Waals surface area contributed by atoms with Gasteiger partial charge in [0.25, 0.3) is 0 Å². The summed E-state index contributed by atoms with van der Waals surface area (Å²) in [4.78, 5) is 81.4. The van der Waals surface area contributed by atoms with E-state index in [1.54, 1.807) is 13.8 Å². The second kappa shape index (κ2) is 14.5. The number of hydrogen-bond acceptors (Lipinski definition) is 12. The Labute approximate surface area is 324 Å². The summed E-state index contributed by atoms with van der Waals surface area (Å²) >= 11 is 0. The highest BCUT2D eigenvalue weighted by molar-refractivity contribution is 5.95. The van der Waals surface area contributed by atoms with Gasteiger partial charge >= 0.3 is 23.9 Å². The Kier molecular flexibility index (Phi) is 10.9. The van der Waals surface area contributed by atoms with Gasteiger partial charge in [0.05, 0.1) is 26.7 Å². The van der Waals surface area contributed by atoms with Gasteiger partial charge in [-0.15, -0.1) is 0 Å². The van der Waals surface area contributed by atoms with Gasteiger partial charge in [-0.25, -0.2) is 9.59 Å². The van der Waals surface area contributed by atoms with Gasteiger partial charge in [-0.2, -0.15) is 0 Å². The monoisotopic (exact) mass is 768 g/mol. The third kappa shape index (κ3) is 6.05. The maximum Gasteiger partial charge on any atom is 0.331 e. The van der Waals surface area contributed by atoms with Crippen molar-refractivity contribution >= 4 is 35.4 Å². The van der Waals surface area contributed by atoms with Crippen LogP contribution in [0.15, 0.2) is 23.3 Å². The molecule has 0 aliphatic heterocycles. The Hall–Kier alpha value is -3.38. The van der Waals surface area contributed by atoms with E-state index >= 15 is 0 Å². The number of carbonyl (C=O) groups is 6. The second-order valence-electron chi connectivity index (χ2n) is 18.6. The average molecular weight is 769 g/mol. The van der Waals surface area contributed by atoms with Crippen LogP contribution in [0.1, 0.15) is 99.3 Å². The Morgan fingerprint density at radius 3 is 1.65 bits per heavy atom. The van der Waals surface area contributed by atoms with Crippen molar-refractivity contribution in [2.24, 2.45) is 69.0 Å². The molecule has 6 saturated carbocycles. The quantitative estimate of drug-likeness (QED) is 0.224. The van der Waals surface area contributed by atoms with E-state index in [2.05, 4.69) is 6.92 Å². The molecule has 0 saturated heterocycles. The number of Topliss-reactive ketones (excluding diaryl/α,β-unsaturated/α-hetero) is 2. The van der Waals surface area contributed by atoms with Crippen LogP contribution < -0.4 is 0 Å². The third-order valence-electron chi connectivity index (χ3n) is 16.2. The SMILES string of the molecule is COC(=O)/C=C1\CC[C@H]2[C@@H]([C@@H](O)C(=O)C3[C@]2(C)CC[C@H](OC(=O)/C=C2\CC[C@H]4[C@@H]([C@@H](O)C(=O)C5[C@]4(C)CCC[C@]5(C)C(=O)OC)[C@H]2C)[C@]3(C)C(=O)OC)[C@H]1C. The van der Waals surface area contributed by atoms with Crippen LogP contribution in [-0.2, 0) is 47.7 Å². The number of rotatable bonds is 5. The molecule has 0 bridgehead atoms. The Balaban J connectivity index is 1.26. The molecule has 0 radical (unpaired) electrons. The zero-order valence-corrected chi connectivity index (χ0v) is 33.8. The van der Waals surface area contributed by atoms with Crippen LogP contribution in [0.3, 0.4) is 0 Å². The zero-order valence-electron chi connectivity index (χ0n) is 33.8. The Morgan fingerprint density at radius 1 is 0.655 bits per heavy atom. The summed E-state index contributed by atoms with van der Waals surface area (Å²) in [5.74, 6) is -6.63. The standard InChI is InChI=1S/C43H60O12/c1-21-23(19-28(44)52-7)11-14-26-31(21)33(47)35(49)37-41(26,4)18-15-27(43(37,6)39(51)54-9)55-29(45)20-24-12-13-25-30(22(24)2)32(46)34(48)36-40(25,3)16-10-17-42(36,5)38(50)53-8/h19-22,25-27,30-33,36-37,46-47H,10-18H2,1-9H3/b23-19+,24-20+/t21-,22-,25-,26-,27-,30-,31-,32+,33+,36?,37?,40+,41+,42-,43-/m0/s1. The van der Waals surface area contributed by atoms with Crippen molar-refractivity contribution in [1.29, 1.82) is 0 Å². The minimum absolute atomic E-state index is 0.0709. The average Bonchev–Trinajstić information content (AvgIpc) is 3.14. The number of ether oxygens (including phenoxy) is 4. The molecular weight excluding hydrogens is 708 g/mol. The molecule has 15 atom stereocenters. The molecule has 6 rings (SSSR count). The van der Waals surface area contributed by atoms with Crippen molar-refractivity contribution < 1.29 is 57.9 Å². The van der Waals surface area contributed by atoms with E-state index in [0.717, 1.165) is 24.0 Å². The van der Waals surface area contributed by atoms with E-state index in [-0.39, 0.29) is 35.9 Å². The van der Waals surface area contributed by atoms with Gasteiger partial charge in [0.15, 0.2) is 11.6 Å². The molecule has 6 fully saturated rings. The largest absolute Gasteiger partial charge is 0.469 e. The Bertz CT molecular complexity index is 1700. The van der Waals surface area contributed by atoms with E-state index in [1.165, 1.54) is 33.5 Å². The summed E-state index contributed by atoms with van der Waals surface area (Å²) in [6.45, 7) is 11.3. The summed E-state index contributed by atoms with van der Waals surface area (Å²) in [5.41, 5.74) is -2.36. The first-order chi connectivity index (χ1) is 25.8. The molecule has 6 aliphatic rings. The summed E-state index contributed by atoms with van der Waals surface area (Å²) in [7, 11) is 3.87. The first kappa shape index (κ1) is 41.3. The number of aliphatic hydroxyl groups excluding tert-OH is 2. The molecule has 0 spiro atoms. The number of hydrogen-bond donors (Lipinski definition) is 2. The lowest BCUT2D eigenvalue weighted by atomic mass is 9.41. The second-order valence-corrected chi connectivity index (χ2v) is 18.6. The van der Waals surface area contributed by atoms with E-state index in [1.807, 2.05) is 20.8 Å². The van der Waals surface area contributed by atoms with Crippen molar-refractivity contribution in [3.05, 3.63) is 23.3 Å². The Morgan fingerprint density at radius 2 is 1.15 bits per heavy atom. The van der Waals surface area contributed by atoms with Crippen molar-refractivity contribution in [2.45, 2.75) is 118 Å². The molecule has 2 N–H and O–H groups in total. The summed E-state index contributed by atoms with van der Waals surface area (Å²) in [6, 6.07) is 0. The lowest BCUT2D eigenvalue weighted by molar-refractivity contribution is -0.214. The minimum Gasteiger partial charge on any atom is -0.469 e. The molecule has 304 valence electrons. The van der Waals surface area contributed by atoms with Gasteiger partial charge in [-0.1, -0.05) is 45.3 Å². The number of ketones is 2. The zero-order chi connectivity index (χ0) is 40.6. The maximum atomic E-state index is 14.4. The summed E-state index contributed by atoms with van der Waals surface area (Å²) in [5, 5.41) is 23.3. The number of fused-ring (bicyclic) bond motifs is 6. The minimum atomic E-state index is -1.60. The fourth-order valence-electron chi connectivity index (χ4n) is 13.6. The molecular formula is C43H60O12. The van der Waals surface area contributed by atoms with E-state index in [0.29, 0.717) is 38.5 Å². The van der Waals surface area contributed by atoms with Crippen LogP contribution in [0.4, 0.5) is 0 Å². The van der Waals surface area contributed by atoms with E-state index in [4.69, 9.17) is 18.9 Å². The molecule has 0 aromatic carbocycles. The number of aliphatic hydroxyl groups is 2. The first-order valence-electron chi connectivity index (χ1n) is 20.1. The van der Waals surface area contributed by atoms with Crippen molar-refractivity contribution in [3.8, 4) is 0 Å². The van der Waals surface area contributed by atoms with Gasteiger partial charge in [0, 0.05) is 35.8 Å². The van der Waals surface area contributed by atoms with Crippen LogP contribution in [-0.4, -0.2) is 85.3 Å². The molecule has 2 unspecified atom stereocenters. The van der Waals surface area contributed by atoms with Gasteiger partial charge in [-0.05, 0) is 99.7 Å². The van der Waals surface area contributed by atoms with Crippen molar-refractivity contribution in [1.82, 2.24) is 0 Å². The van der Waals surface area contributed by atoms with Gasteiger partial charge in [-0.3, -0.25) is 19.2 Å². The number of methoxy groups -OCH3 is 3. The molecule has 0 heterocycles. The lowest BCUT2D eigenvalue weighted by Crippen LogP contribution is -2.68. The van der Waals surface area contributed by atoms with E-state index < -0.39 is 93.3 Å². The molecule has 0 aromatic rings. The highest BCUT2D eigenvalue weighted by atomic mass is 16.6. The van der Waals surface area contributed by atoms with Gasteiger partial charge < -0.3 is 29.2 Å². The number of allylic oxidation sites excluding steroid dienone is 2. The number of carbonyl (C=O) groups excluding carboxylic acids is 6. The normalized spacial score (nSPS) is 46.7. The molecule has 55 heavy (non-hydrogen) atoms. The van der Waals surface area contributed by atoms with Crippen molar-refractivity contribution in [3.63, 3.8) is 0 Å². The molecule has 0 aromatic heterocycles. The number of esters is 4. The highest BCUT2D eigenvalue weighted by Gasteiger charge is 2.70. The maximum absolute atomic E-state index is 14.4. The molecule has 12 nitrogen and oxygen atoms in total. The van der Waals surface area contributed by atoms with Crippen molar-refractivity contribution in [2.75, 3.05) is 21.3 Å². The first-order valence-corrected chi connectivity index (χ1v) is 20.1. The molecule has 12 heteroatoms. The van der Waals surface area contributed by atoms with Gasteiger partial charge in [0.1, 0.15) is 23.7 Å². The van der Waals surface area contributed by atoms with Crippen LogP contribution in [0.25, 0.3) is 0 Å². The summed E-state index contributed by atoms with van der Waals surface area (Å²) in [6.07, 6.45) is 4.16. The van der Waals surface area contributed by atoms with Crippen LogP contribution in [0, 0.1) is 69.0 Å². The lowest BCUT2D eigenvalue weighted by Gasteiger charge is -2.62. The smallest absolute Gasteiger partial charge is 0.331 e. The summed E-state index contributed by atoms with van der Waals surface area (Å²) < 4.78 is 21.5. The molecule has 0 amide bonds. The predicted molar refractivity (Wildman–Crippen MR) is 197 cm³/mol. The van der Waals surface area contributed by atoms with Gasteiger partial charge in [0.2, 0.25) is 0 Å². The van der Waals surface area contributed by atoms with Crippen LogP contribution in [0.5, 0.6) is 0 Å². The highest BCUT2D eigenvalue weighted by Crippen LogP contribution is 2.66. The topological polar surface area (TPSA) is 180 Å².